The van der Waals surface area contributed by atoms with Gasteiger partial charge in [-0.3, -0.25) is 0 Å². The molecule has 0 aliphatic heterocycles. The Morgan fingerprint density at radius 3 is 1.77 bits per heavy atom. The molecule has 3 aromatic rings. The Morgan fingerprint density at radius 2 is 1.14 bits per heavy atom. The van der Waals surface area contributed by atoms with Crippen LogP contribution in [0.3, 0.4) is 0 Å². The van der Waals surface area contributed by atoms with E-state index >= 15 is 0 Å². The standard InChI is InChI=1S/C21H19F/c1-14-4-5-19(12-15(14)2)21-11-8-18(13-16(21)3)17-6-9-20(22)10-7-17/h4-13H,1-3H3. The van der Waals surface area contributed by atoms with E-state index in [4.69, 9.17) is 0 Å². The Labute approximate surface area is 131 Å². The van der Waals surface area contributed by atoms with E-state index in [0.29, 0.717) is 0 Å². The van der Waals surface area contributed by atoms with Crippen molar-refractivity contribution in [3.63, 3.8) is 0 Å². The molecule has 0 aromatic heterocycles. The second-order valence-electron chi connectivity index (χ2n) is 5.84. The fourth-order valence-corrected chi connectivity index (χ4v) is 2.72. The van der Waals surface area contributed by atoms with Crippen molar-refractivity contribution >= 4 is 0 Å². The smallest absolute Gasteiger partial charge is 0.123 e. The summed E-state index contributed by atoms with van der Waals surface area (Å²) in [5.41, 5.74) is 8.48. The largest absolute Gasteiger partial charge is 0.207 e. The van der Waals surface area contributed by atoms with E-state index in [1.54, 1.807) is 0 Å². The van der Waals surface area contributed by atoms with Crippen LogP contribution in [0.2, 0.25) is 0 Å². The van der Waals surface area contributed by atoms with Gasteiger partial charge in [0.2, 0.25) is 0 Å². The van der Waals surface area contributed by atoms with Crippen molar-refractivity contribution in [3.8, 4) is 22.3 Å². The van der Waals surface area contributed by atoms with Gasteiger partial charge in [0.1, 0.15) is 5.82 Å². The van der Waals surface area contributed by atoms with Crippen molar-refractivity contribution in [1.82, 2.24) is 0 Å². The Hall–Kier alpha value is -2.41. The number of halogens is 1. The van der Waals surface area contributed by atoms with Gasteiger partial charge in [0.05, 0.1) is 0 Å². The van der Waals surface area contributed by atoms with Crippen LogP contribution in [-0.4, -0.2) is 0 Å². The van der Waals surface area contributed by atoms with Crippen molar-refractivity contribution in [3.05, 3.63) is 83.2 Å². The fraction of sp³-hybridized carbons (Fsp3) is 0.143. The van der Waals surface area contributed by atoms with Crippen LogP contribution in [0.1, 0.15) is 16.7 Å². The maximum Gasteiger partial charge on any atom is 0.123 e. The number of rotatable bonds is 2. The zero-order valence-electron chi connectivity index (χ0n) is 13.2. The van der Waals surface area contributed by atoms with Gasteiger partial charge in [-0.15, -0.1) is 0 Å². The maximum absolute atomic E-state index is 13.0. The van der Waals surface area contributed by atoms with Gasteiger partial charge in [-0.2, -0.15) is 0 Å². The van der Waals surface area contributed by atoms with Crippen molar-refractivity contribution in [1.29, 1.82) is 0 Å². The van der Waals surface area contributed by atoms with E-state index in [1.165, 1.54) is 39.9 Å². The summed E-state index contributed by atoms with van der Waals surface area (Å²) in [7, 11) is 0. The summed E-state index contributed by atoms with van der Waals surface area (Å²) in [6.45, 7) is 6.39. The fourth-order valence-electron chi connectivity index (χ4n) is 2.72. The van der Waals surface area contributed by atoms with E-state index in [1.807, 2.05) is 12.1 Å². The molecule has 0 aliphatic rings. The highest BCUT2D eigenvalue weighted by atomic mass is 19.1. The summed E-state index contributed by atoms with van der Waals surface area (Å²) in [5, 5.41) is 0. The molecule has 0 bridgehead atoms. The molecule has 0 saturated heterocycles. The lowest BCUT2D eigenvalue weighted by molar-refractivity contribution is 0.628. The maximum atomic E-state index is 13.0. The first-order valence-corrected chi connectivity index (χ1v) is 7.49. The average Bonchev–Trinajstić information content (AvgIpc) is 2.51. The Bertz CT molecular complexity index is 814. The molecular weight excluding hydrogens is 271 g/mol. The number of aryl methyl sites for hydroxylation is 3. The van der Waals surface area contributed by atoms with Gasteiger partial charge in [0.15, 0.2) is 0 Å². The molecule has 0 amide bonds. The van der Waals surface area contributed by atoms with Gasteiger partial charge in [-0.25, -0.2) is 4.39 Å². The molecule has 0 heterocycles. The van der Waals surface area contributed by atoms with Crippen molar-refractivity contribution in [2.75, 3.05) is 0 Å². The summed E-state index contributed by atoms with van der Waals surface area (Å²) >= 11 is 0. The highest BCUT2D eigenvalue weighted by Crippen LogP contribution is 2.29. The molecule has 3 rings (SSSR count). The summed E-state index contributed by atoms with van der Waals surface area (Å²) in [4.78, 5) is 0. The topological polar surface area (TPSA) is 0 Å². The van der Waals surface area contributed by atoms with E-state index in [9.17, 15) is 4.39 Å². The quantitative estimate of drug-likeness (QED) is 0.536. The first-order valence-electron chi connectivity index (χ1n) is 7.49. The van der Waals surface area contributed by atoms with Gasteiger partial charge in [-0.05, 0) is 71.8 Å². The van der Waals surface area contributed by atoms with Gasteiger partial charge in [0, 0.05) is 0 Å². The molecule has 3 aromatic carbocycles. The van der Waals surface area contributed by atoms with Gasteiger partial charge in [0.25, 0.3) is 0 Å². The number of hydrogen-bond acceptors (Lipinski definition) is 0. The molecule has 0 spiro atoms. The van der Waals surface area contributed by atoms with Crippen LogP contribution in [-0.2, 0) is 0 Å². The monoisotopic (exact) mass is 290 g/mol. The van der Waals surface area contributed by atoms with Crippen LogP contribution in [0.5, 0.6) is 0 Å². The van der Waals surface area contributed by atoms with E-state index < -0.39 is 0 Å². The minimum absolute atomic E-state index is 0.202. The summed E-state index contributed by atoms with van der Waals surface area (Å²) in [6, 6.07) is 19.6. The summed E-state index contributed by atoms with van der Waals surface area (Å²) < 4.78 is 13.0. The minimum atomic E-state index is -0.202. The number of benzene rings is 3. The van der Waals surface area contributed by atoms with Crippen molar-refractivity contribution in [2.45, 2.75) is 20.8 Å². The summed E-state index contributed by atoms with van der Waals surface area (Å²) in [6.07, 6.45) is 0. The molecule has 0 N–H and O–H groups in total. The first kappa shape index (κ1) is 14.5. The molecule has 0 saturated carbocycles. The minimum Gasteiger partial charge on any atom is -0.207 e. The SMILES string of the molecule is Cc1ccc(-c2ccc(-c3ccc(F)cc3)cc2C)cc1C. The van der Waals surface area contributed by atoms with Crippen molar-refractivity contribution < 1.29 is 4.39 Å². The molecule has 0 atom stereocenters. The van der Waals surface area contributed by atoms with E-state index in [2.05, 4.69) is 57.2 Å². The normalized spacial score (nSPS) is 10.7. The van der Waals surface area contributed by atoms with Crippen LogP contribution in [0.25, 0.3) is 22.3 Å². The lowest BCUT2D eigenvalue weighted by Crippen LogP contribution is -1.88. The highest BCUT2D eigenvalue weighted by molar-refractivity contribution is 5.74. The third-order valence-electron chi connectivity index (χ3n) is 4.22. The lowest BCUT2D eigenvalue weighted by Gasteiger charge is -2.11. The van der Waals surface area contributed by atoms with E-state index in [0.717, 1.165) is 11.1 Å². The van der Waals surface area contributed by atoms with Crippen LogP contribution in [0.4, 0.5) is 4.39 Å². The third kappa shape index (κ3) is 2.80. The molecule has 0 fully saturated rings. The Balaban J connectivity index is 2.01. The molecule has 110 valence electrons. The third-order valence-corrected chi connectivity index (χ3v) is 4.22. The van der Waals surface area contributed by atoms with Crippen LogP contribution in [0, 0.1) is 26.6 Å². The lowest BCUT2D eigenvalue weighted by atomic mass is 9.94. The van der Waals surface area contributed by atoms with Gasteiger partial charge < -0.3 is 0 Å². The molecule has 0 unspecified atom stereocenters. The van der Waals surface area contributed by atoms with Gasteiger partial charge in [-0.1, -0.05) is 48.5 Å². The van der Waals surface area contributed by atoms with E-state index in [-0.39, 0.29) is 5.82 Å². The second kappa shape index (κ2) is 5.76. The Morgan fingerprint density at radius 1 is 0.545 bits per heavy atom. The predicted molar refractivity (Wildman–Crippen MR) is 91.5 cm³/mol. The zero-order valence-corrected chi connectivity index (χ0v) is 13.2. The molecular formula is C21H19F. The molecule has 0 nitrogen and oxygen atoms in total. The van der Waals surface area contributed by atoms with Crippen LogP contribution < -0.4 is 0 Å². The first-order chi connectivity index (χ1) is 10.5. The molecule has 0 radical (unpaired) electrons. The molecule has 22 heavy (non-hydrogen) atoms. The number of hydrogen-bond donors (Lipinski definition) is 0. The average molecular weight is 290 g/mol. The second-order valence-corrected chi connectivity index (χ2v) is 5.84. The Kier molecular flexibility index (Phi) is 3.81. The van der Waals surface area contributed by atoms with Crippen molar-refractivity contribution in [2.24, 2.45) is 0 Å². The van der Waals surface area contributed by atoms with Crippen LogP contribution in [0.15, 0.2) is 60.7 Å². The highest BCUT2D eigenvalue weighted by Gasteiger charge is 2.06. The van der Waals surface area contributed by atoms with Crippen LogP contribution >= 0.6 is 0 Å². The summed E-state index contributed by atoms with van der Waals surface area (Å²) in [5.74, 6) is -0.202. The zero-order chi connectivity index (χ0) is 15.7. The predicted octanol–water partition coefficient (Wildman–Crippen LogP) is 6.08. The van der Waals surface area contributed by atoms with Gasteiger partial charge >= 0.3 is 0 Å². The molecule has 0 aliphatic carbocycles. The molecule has 1 heteroatoms.